The lowest BCUT2D eigenvalue weighted by atomic mass is 10.0. The number of aliphatic hydroxyl groups is 1. The molecule has 0 amide bonds. The van der Waals surface area contributed by atoms with Crippen molar-refractivity contribution in [3.63, 3.8) is 0 Å². The van der Waals surface area contributed by atoms with Gasteiger partial charge in [-0.3, -0.25) is 4.99 Å². The van der Waals surface area contributed by atoms with Crippen molar-refractivity contribution in [3.8, 4) is 0 Å². The molecule has 0 bridgehead atoms. The van der Waals surface area contributed by atoms with Crippen LogP contribution in [0.2, 0.25) is 0 Å². The predicted octanol–water partition coefficient (Wildman–Crippen LogP) is 1.53. The molecule has 1 aromatic rings. The molecule has 3 N–H and O–H groups in total. The second kappa shape index (κ2) is 7.65. The smallest absolute Gasteiger partial charge is 0.191 e. The number of hydrogen-bond donors (Lipinski definition) is 3. The van der Waals surface area contributed by atoms with Gasteiger partial charge in [-0.15, -0.1) is 0 Å². The fraction of sp³-hybridized carbons (Fsp3) is 0.688. The Morgan fingerprint density at radius 2 is 2.23 bits per heavy atom. The first kappa shape index (κ1) is 16.8. The van der Waals surface area contributed by atoms with Crippen molar-refractivity contribution in [2.75, 3.05) is 26.7 Å². The van der Waals surface area contributed by atoms with Gasteiger partial charge in [0.15, 0.2) is 5.96 Å². The molecular weight excluding hydrogens is 282 g/mol. The summed E-state index contributed by atoms with van der Waals surface area (Å²) in [5, 5.41) is 16.9. The first-order chi connectivity index (χ1) is 10.5. The van der Waals surface area contributed by atoms with Gasteiger partial charge in [0.2, 0.25) is 0 Å². The van der Waals surface area contributed by atoms with Gasteiger partial charge in [-0.25, -0.2) is 0 Å². The standard InChI is InChI=1S/C16H27N3O3/c1-12-7-8-14(22-12)16(2,20)11-19-15(17-3)18-10-13-6-4-5-9-21-13/h7-8,13,20H,4-6,9-11H2,1-3H3,(H2,17,18,19). The molecule has 6 nitrogen and oxygen atoms in total. The van der Waals surface area contributed by atoms with Gasteiger partial charge in [0.1, 0.15) is 17.1 Å². The largest absolute Gasteiger partial charge is 0.463 e. The van der Waals surface area contributed by atoms with E-state index < -0.39 is 5.60 Å². The van der Waals surface area contributed by atoms with Crippen molar-refractivity contribution in [1.82, 2.24) is 10.6 Å². The summed E-state index contributed by atoms with van der Waals surface area (Å²) in [6.07, 6.45) is 3.67. The highest BCUT2D eigenvalue weighted by Crippen LogP contribution is 2.21. The van der Waals surface area contributed by atoms with Crippen LogP contribution in [0.15, 0.2) is 21.5 Å². The maximum atomic E-state index is 10.5. The van der Waals surface area contributed by atoms with Crippen molar-refractivity contribution in [2.24, 2.45) is 4.99 Å². The molecule has 1 saturated heterocycles. The van der Waals surface area contributed by atoms with Crippen LogP contribution in [0.1, 0.15) is 37.7 Å². The Kier molecular flexibility index (Phi) is 5.85. The summed E-state index contributed by atoms with van der Waals surface area (Å²) in [4.78, 5) is 4.17. The molecule has 1 aliphatic heterocycles. The number of furan rings is 1. The van der Waals surface area contributed by atoms with Gasteiger partial charge in [0.05, 0.1) is 12.6 Å². The molecule has 124 valence electrons. The van der Waals surface area contributed by atoms with E-state index in [1.807, 2.05) is 13.0 Å². The predicted molar refractivity (Wildman–Crippen MR) is 86.0 cm³/mol. The quantitative estimate of drug-likeness (QED) is 0.568. The van der Waals surface area contributed by atoms with E-state index in [4.69, 9.17) is 9.15 Å². The van der Waals surface area contributed by atoms with Crippen LogP contribution < -0.4 is 10.6 Å². The van der Waals surface area contributed by atoms with Crippen LogP contribution in [0.3, 0.4) is 0 Å². The molecule has 22 heavy (non-hydrogen) atoms. The number of nitrogens with zero attached hydrogens (tertiary/aromatic N) is 1. The topological polar surface area (TPSA) is 79.0 Å². The monoisotopic (exact) mass is 309 g/mol. The van der Waals surface area contributed by atoms with E-state index in [1.165, 1.54) is 6.42 Å². The Morgan fingerprint density at radius 1 is 1.41 bits per heavy atom. The normalized spacial score (nSPS) is 22.2. The minimum Gasteiger partial charge on any atom is -0.463 e. The van der Waals surface area contributed by atoms with E-state index in [0.717, 1.165) is 31.8 Å². The molecule has 2 rings (SSSR count). The van der Waals surface area contributed by atoms with Gasteiger partial charge in [-0.1, -0.05) is 0 Å². The zero-order valence-corrected chi connectivity index (χ0v) is 13.7. The van der Waals surface area contributed by atoms with E-state index in [-0.39, 0.29) is 6.10 Å². The Morgan fingerprint density at radius 3 is 2.82 bits per heavy atom. The lowest BCUT2D eigenvalue weighted by Crippen LogP contribution is -2.46. The average molecular weight is 309 g/mol. The second-order valence-corrected chi connectivity index (χ2v) is 5.98. The van der Waals surface area contributed by atoms with E-state index >= 15 is 0 Å². The summed E-state index contributed by atoms with van der Waals surface area (Å²) in [5.74, 6) is 1.98. The highest BCUT2D eigenvalue weighted by atomic mass is 16.5. The second-order valence-electron chi connectivity index (χ2n) is 5.98. The molecule has 0 spiro atoms. The average Bonchev–Trinajstić information content (AvgIpc) is 2.96. The molecule has 2 heterocycles. The van der Waals surface area contributed by atoms with Crippen LogP contribution in [0, 0.1) is 6.92 Å². The number of aliphatic imine (C=N–C) groups is 1. The van der Waals surface area contributed by atoms with Gasteiger partial charge in [-0.05, 0) is 45.2 Å². The van der Waals surface area contributed by atoms with E-state index in [2.05, 4.69) is 15.6 Å². The van der Waals surface area contributed by atoms with Crippen LogP contribution >= 0.6 is 0 Å². The minimum atomic E-state index is -1.09. The van der Waals surface area contributed by atoms with Gasteiger partial charge in [0.25, 0.3) is 0 Å². The molecule has 0 saturated carbocycles. The van der Waals surface area contributed by atoms with Crippen LogP contribution in [-0.4, -0.2) is 43.9 Å². The van der Waals surface area contributed by atoms with Crippen molar-refractivity contribution in [3.05, 3.63) is 23.7 Å². The number of aryl methyl sites for hydroxylation is 1. The van der Waals surface area contributed by atoms with Crippen LogP contribution in [0.4, 0.5) is 0 Å². The van der Waals surface area contributed by atoms with Crippen molar-refractivity contribution in [2.45, 2.75) is 44.8 Å². The first-order valence-corrected chi connectivity index (χ1v) is 7.86. The molecular formula is C16H27N3O3. The van der Waals surface area contributed by atoms with Crippen molar-refractivity contribution < 1.29 is 14.3 Å². The molecule has 0 radical (unpaired) electrons. The van der Waals surface area contributed by atoms with Gasteiger partial charge in [0, 0.05) is 20.2 Å². The van der Waals surface area contributed by atoms with Crippen molar-refractivity contribution in [1.29, 1.82) is 0 Å². The number of hydrogen-bond acceptors (Lipinski definition) is 4. The minimum absolute atomic E-state index is 0.237. The fourth-order valence-corrected chi connectivity index (χ4v) is 2.47. The number of nitrogens with one attached hydrogen (secondary N) is 2. The molecule has 0 aliphatic carbocycles. The lowest BCUT2D eigenvalue weighted by molar-refractivity contribution is 0.0191. The van der Waals surface area contributed by atoms with Crippen molar-refractivity contribution >= 4 is 5.96 Å². The summed E-state index contributed by atoms with van der Waals surface area (Å²) in [5.41, 5.74) is -1.09. The highest BCUT2D eigenvalue weighted by Gasteiger charge is 2.27. The summed E-state index contributed by atoms with van der Waals surface area (Å²) in [6.45, 7) is 5.45. The maximum Gasteiger partial charge on any atom is 0.191 e. The SMILES string of the molecule is CN=C(NCC1CCCCO1)NCC(C)(O)c1ccc(C)o1. The molecule has 1 aliphatic rings. The Bertz CT molecular complexity index is 491. The maximum absolute atomic E-state index is 10.5. The number of guanidine groups is 1. The Hall–Kier alpha value is -1.53. The van der Waals surface area contributed by atoms with E-state index in [1.54, 1.807) is 20.0 Å². The number of ether oxygens (including phenoxy) is 1. The summed E-state index contributed by atoms with van der Waals surface area (Å²) < 4.78 is 11.2. The van der Waals surface area contributed by atoms with Gasteiger partial charge >= 0.3 is 0 Å². The Labute approximate surface area is 132 Å². The summed E-state index contributed by atoms with van der Waals surface area (Å²) in [6, 6.07) is 3.64. The summed E-state index contributed by atoms with van der Waals surface area (Å²) >= 11 is 0. The highest BCUT2D eigenvalue weighted by molar-refractivity contribution is 5.79. The zero-order chi connectivity index (χ0) is 16.0. The van der Waals surface area contributed by atoms with Gasteiger partial charge in [-0.2, -0.15) is 0 Å². The zero-order valence-electron chi connectivity index (χ0n) is 13.7. The third-order valence-corrected chi connectivity index (χ3v) is 3.87. The van der Waals surface area contributed by atoms with E-state index in [0.29, 0.717) is 18.3 Å². The molecule has 1 fully saturated rings. The molecule has 2 atom stereocenters. The fourth-order valence-electron chi connectivity index (χ4n) is 2.47. The third kappa shape index (κ3) is 4.74. The van der Waals surface area contributed by atoms with Gasteiger partial charge < -0.3 is 24.9 Å². The first-order valence-electron chi connectivity index (χ1n) is 7.86. The number of rotatable bonds is 5. The molecule has 2 unspecified atom stereocenters. The summed E-state index contributed by atoms with van der Waals surface area (Å²) in [7, 11) is 1.71. The lowest BCUT2D eigenvalue weighted by Gasteiger charge is -2.25. The van der Waals surface area contributed by atoms with Crippen LogP contribution in [-0.2, 0) is 10.3 Å². The molecule has 6 heteroatoms. The van der Waals surface area contributed by atoms with Crippen LogP contribution in [0.25, 0.3) is 0 Å². The molecule has 0 aromatic carbocycles. The Balaban J connectivity index is 1.80. The molecule has 1 aromatic heterocycles. The van der Waals surface area contributed by atoms with E-state index in [9.17, 15) is 5.11 Å². The third-order valence-electron chi connectivity index (χ3n) is 3.87. The van der Waals surface area contributed by atoms with Crippen LogP contribution in [0.5, 0.6) is 0 Å².